The molecule has 0 aliphatic rings. The fourth-order valence-corrected chi connectivity index (χ4v) is 1.67. The van der Waals surface area contributed by atoms with E-state index in [1.54, 1.807) is 0 Å². The number of nitrogens with zero attached hydrogens (tertiary/aromatic N) is 2. The lowest BCUT2D eigenvalue weighted by molar-refractivity contribution is 0.871. The van der Waals surface area contributed by atoms with Crippen molar-refractivity contribution in [2.24, 2.45) is 5.73 Å². The maximum atomic E-state index is 5.85. The second-order valence-corrected chi connectivity index (χ2v) is 3.77. The highest BCUT2D eigenvalue weighted by Gasteiger charge is 2.04. The molecule has 0 amide bonds. The highest BCUT2D eigenvalue weighted by Crippen LogP contribution is 2.21. The minimum absolute atomic E-state index is 0.258. The highest BCUT2D eigenvalue weighted by molar-refractivity contribution is 6.28. The molecule has 0 radical (unpaired) electrons. The van der Waals surface area contributed by atoms with Crippen LogP contribution in [0.15, 0.2) is 24.3 Å². The fourth-order valence-electron chi connectivity index (χ4n) is 1.49. The average molecular weight is 237 g/mol. The molecule has 3 N–H and O–H groups in total. The van der Waals surface area contributed by atoms with Gasteiger partial charge in [-0.05, 0) is 36.7 Å². The monoisotopic (exact) mass is 236 g/mol. The third-order valence-electron chi connectivity index (χ3n) is 2.25. The van der Waals surface area contributed by atoms with Crippen LogP contribution in [0.1, 0.15) is 6.42 Å². The number of aromatic nitrogens is 2. The average Bonchev–Trinajstić information content (AvgIpc) is 2.29. The second-order valence-electron chi connectivity index (χ2n) is 3.43. The molecule has 0 bridgehead atoms. The maximum absolute atomic E-state index is 5.85. The van der Waals surface area contributed by atoms with Gasteiger partial charge in [-0.3, -0.25) is 0 Å². The largest absolute Gasteiger partial charge is 0.369 e. The van der Waals surface area contributed by atoms with Crippen LogP contribution in [-0.4, -0.2) is 23.1 Å². The van der Waals surface area contributed by atoms with Crippen LogP contribution in [0.2, 0.25) is 5.28 Å². The van der Waals surface area contributed by atoms with E-state index in [0.29, 0.717) is 6.54 Å². The first kappa shape index (κ1) is 11.1. The first-order chi connectivity index (χ1) is 7.81. The number of hydrogen-bond acceptors (Lipinski definition) is 4. The van der Waals surface area contributed by atoms with Gasteiger partial charge in [-0.15, -0.1) is 0 Å². The Kier molecular flexibility index (Phi) is 3.54. The molecule has 1 heterocycles. The van der Waals surface area contributed by atoms with Crippen molar-refractivity contribution >= 4 is 28.3 Å². The van der Waals surface area contributed by atoms with Crippen molar-refractivity contribution in [2.45, 2.75) is 6.42 Å². The van der Waals surface area contributed by atoms with Crippen molar-refractivity contribution in [1.82, 2.24) is 9.97 Å². The Morgan fingerprint density at radius 3 is 2.88 bits per heavy atom. The molecule has 0 aliphatic heterocycles. The van der Waals surface area contributed by atoms with E-state index in [0.717, 1.165) is 29.7 Å². The van der Waals surface area contributed by atoms with Crippen molar-refractivity contribution < 1.29 is 0 Å². The zero-order valence-electron chi connectivity index (χ0n) is 8.78. The summed E-state index contributed by atoms with van der Waals surface area (Å²) in [5.74, 6) is 0.768. The van der Waals surface area contributed by atoms with Gasteiger partial charge in [0.15, 0.2) is 0 Å². The van der Waals surface area contributed by atoms with Gasteiger partial charge < -0.3 is 11.1 Å². The number of hydrogen-bond donors (Lipinski definition) is 2. The summed E-state index contributed by atoms with van der Waals surface area (Å²) in [4.78, 5) is 8.33. The molecule has 0 saturated heterocycles. The first-order valence-electron chi connectivity index (χ1n) is 5.17. The molecule has 5 heteroatoms. The van der Waals surface area contributed by atoms with Crippen LogP contribution >= 0.6 is 11.6 Å². The minimum atomic E-state index is 0.258. The molecular formula is C11H13ClN4. The number of anilines is 1. The topological polar surface area (TPSA) is 63.8 Å². The molecule has 0 unspecified atom stereocenters. The molecule has 4 nitrogen and oxygen atoms in total. The van der Waals surface area contributed by atoms with E-state index < -0.39 is 0 Å². The number of nitrogens with two attached hydrogens (primary N) is 1. The van der Waals surface area contributed by atoms with Crippen LogP contribution in [0.5, 0.6) is 0 Å². The first-order valence-corrected chi connectivity index (χ1v) is 5.55. The van der Waals surface area contributed by atoms with Crippen molar-refractivity contribution in [1.29, 1.82) is 0 Å². The summed E-state index contributed by atoms with van der Waals surface area (Å²) in [6, 6.07) is 7.76. The third-order valence-corrected chi connectivity index (χ3v) is 2.42. The van der Waals surface area contributed by atoms with Crippen LogP contribution in [0.4, 0.5) is 5.82 Å². The fraction of sp³-hybridized carbons (Fsp3) is 0.273. The van der Waals surface area contributed by atoms with Crippen LogP contribution in [0.25, 0.3) is 10.9 Å². The van der Waals surface area contributed by atoms with Gasteiger partial charge in [0.1, 0.15) is 5.82 Å². The van der Waals surface area contributed by atoms with Gasteiger partial charge in [-0.1, -0.05) is 12.1 Å². The lowest BCUT2D eigenvalue weighted by atomic mass is 10.2. The van der Waals surface area contributed by atoms with Crippen LogP contribution in [0.3, 0.4) is 0 Å². The van der Waals surface area contributed by atoms with Crippen LogP contribution < -0.4 is 11.1 Å². The van der Waals surface area contributed by atoms with E-state index in [1.165, 1.54) is 0 Å². The van der Waals surface area contributed by atoms with E-state index in [-0.39, 0.29) is 5.28 Å². The number of para-hydroxylation sites is 1. The van der Waals surface area contributed by atoms with Gasteiger partial charge >= 0.3 is 0 Å². The van der Waals surface area contributed by atoms with E-state index in [1.807, 2.05) is 24.3 Å². The number of nitrogens with one attached hydrogen (secondary N) is 1. The minimum Gasteiger partial charge on any atom is -0.369 e. The number of halogens is 1. The van der Waals surface area contributed by atoms with Gasteiger partial charge in [-0.2, -0.15) is 0 Å². The summed E-state index contributed by atoms with van der Waals surface area (Å²) in [6.07, 6.45) is 0.899. The standard InChI is InChI=1S/C11H13ClN4/c12-11-15-9-5-2-1-4-8(9)10(16-11)14-7-3-6-13/h1-2,4-5H,3,6-7,13H2,(H,14,15,16). The Balaban J connectivity index is 2.34. The molecule has 0 fully saturated rings. The third kappa shape index (κ3) is 2.40. The van der Waals surface area contributed by atoms with E-state index in [4.69, 9.17) is 17.3 Å². The lowest BCUT2D eigenvalue weighted by Crippen LogP contribution is -2.10. The van der Waals surface area contributed by atoms with E-state index >= 15 is 0 Å². The van der Waals surface area contributed by atoms with Crippen molar-refractivity contribution in [3.8, 4) is 0 Å². The molecule has 16 heavy (non-hydrogen) atoms. The number of benzene rings is 1. The summed E-state index contributed by atoms with van der Waals surface area (Å²) in [5.41, 5.74) is 6.28. The molecule has 0 saturated carbocycles. The smallest absolute Gasteiger partial charge is 0.224 e. The van der Waals surface area contributed by atoms with Crippen LogP contribution in [0, 0.1) is 0 Å². The quantitative estimate of drug-likeness (QED) is 0.630. The molecule has 1 aromatic carbocycles. The van der Waals surface area contributed by atoms with E-state index in [2.05, 4.69) is 15.3 Å². The molecule has 0 spiro atoms. The Labute approximate surface area is 98.8 Å². The van der Waals surface area contributed by atoms with Crippen LogP contribution in [-0.2, 0) is 0 Å². The predicted molar refractivity (Wildman–Crippen MR) is 66.7 cm³/mol. The zero-order valence-corrected chi connectivity index (χ0v) is 9.54. The van der Waals surface area contributed by atoms with Gasteiger partial charge in [0.05, 0.1) is 5.52 Å². The molecule has 0 aliphatic carbocycles. The molecule has 1 aromatic heterocycles. The summed E-state index contributed by atoms with van der Waals surface area (Å²) in [6.45, 7) is 1.44. The molecule has 0 atom stereocenters. The van der Waals surface area contributed by atoms with E-state index in [9.17, 15) is 0 Å². The number of rotatable bonds is 4. The predicted octanol–water partition coefficient (Wildman–Crippen LogP) is 2.04. The Hall–Kier alpha value is -1.39. The Bertz CT molecular complexity index is 486. The molecule has 84 valence electrons. The Morgan fingerprint density at radius 1 is 1.25 bits per heavy atom. The summed E-state index contributed by atoms with van der Waals surface area (Å²) >= 11 is 5.85. The van der Waals surface area contributed by atoms with Gasteiger partial charge in [-0.25, -0.2) is 9.97 Å². The van der Waals surface area contributed by atoms with Gasteiger partial charge in [0.2, 0.25) is 5.28 Å². The lowest BCUT2D eigenvalue weighted by Gasteiger charge is -2.07. The SMILES string of the molecule is NCCCNc1nc(Cl)nc2ccccc12. The molecule has 2 rings (SSSR count). The number of fused-ring (bicyclic) bond motifs is 1. The Morgan fingerprint density at radius 2 is 2.06 bits per heavy atom. The normalized spacial score (nSPS) is 10.6. The van der Waals surface area contributed by atoms with Gasteiger partial charge in [0, 0.05) is 11.9 Å². The highest BCUT2D eigenvalue weighted by atomic mass is 35.5. The second kappa shape index (κ2) is 5.09. The van der Waals surface area contributed by atoms with Crippen molar-refractivity contribution in [3.63, 3.8) is 0 Å². The van der Waals surface area contributed by atoms with Crippen molar-refractivity contribution in [3.05, 3.63) is 29.5 Å². The summed E-state index contributed by atoms with van der Waals surface area (Å²) in [7, 11) is 0. The van der Waals surface area contributed by atoms with Gasteiger partial charge in [0.25, 0.3) is 0 Å². The zero-order chi connectivity index (χ0) is 11.4. The molecule has 2 aromatic rings. The molecular weight excluding hydrogens is 224 g/mol. The maximum Gasteiger partial charge on any atom is 0.224 e. The van der Waals surface area contributed by atoms with Crippen molar-refractivity contribution in [2.75, 3.05) is 18.4 Å². The summed E-state index contributed by atoms with van der Waals surface area (Å²) < 4.78 is 0. The summed E-state index contributed by atoms with van der Waals surface area (Å²) in [5, 5.41) is 4.45.